The minimum atomic E-state index is -0.221. The SMILES string of the molecule is CCCc1cc(-c2ccc(F)c(C)c2)nn1CC(=O)N1CCc2nc(C)sc2CC1. The van der Waals surface area contributed by atoms with E-state index in [0.717, 1.165) is 59.9 Å². The number of benzene rings is 1. The molecule has 7 heteroatoms. The molecule has 0 unspecified atom stereocenters. The first-order chi connectivity index (χ1) is 14.4. The number of aryl methyl sites for hydroxylation is 3. The Balaban J connectivity index is 1.51. The maximum Gasteiger partial charge on any atom is 0.244 e. The Hall–Kier alpha value is -2.54. The van der Waals surface area contributed by atoms with Gasteiger partial charge in [0, 0.05) is 42.1 Å². The summed E-state index contributed by atoms with van der Waals surface area (Å²) in [6.07, 6.45) is 3.50. The number of carbonyl (C=O) groups is 1. The first kappa shape index (κ1) is 20.7. The van der Waals surface area contributed by atoms with Crippen LogP contribution in [0.4, 0.5) is 4.39 Å². The summed E-state index contributed by atoms with van der Waals surface area (Å²) in [7, 11) is 0. The lowest BCUT2D eigenvalue weighted by Gasteiger charge is -2.20. The highest BCUT2D eigenvalue weighted by molar-refractivity contribution is 7.11. The molecule has 0 N–H and O–H groups in total. The number of fused-ring (bicyclic) bond motifs is 1. The van der Waals surface area contributed by atoms with Gasteiger partial charge in [0.1, 0.15) is 12.4 Å². The Morgan fingerprint density at radius 3 is 2.77 bits per heavy atom. The molecule has 1 aromatic carbocycles. The van der Waals surface area contributed by atoms with Gasteiger partial charge < -0.3 is 4.90 Å². The molecule has 0 saturated heterocycles. The van der Waals surface area contributed by atoms with E-state index in [1.807, 2.05) is 28.6 Å². The number of amides is 1. The van der Waals surface area contributed by atoms with E-state index in [1.165, 1.54) is 10.9 Å². The van der Waals surface area contributed by atoms with Crippen LogP contribution in [0.1, 0.15) is 40.2 Å². The van der Waals surface area contributed by atoms with E-state index in [0.29, 0.717) is 12.1 Å². The smallest absolute Gasteiger partial charge is 0.244 e. The van der Waals surface area contributed by atoms with Crippen LogP contribution in [0.3, 0.4) is 0 Å². The molecule has 1 amide bonds. The number of hydrogen-bond acceptors (Lipinski definition) is 4. The number of halogens is 1. The third kappa shape index (κ3) is 4.31. The highest BCUT2D eigenvalue weighted by Gasteiger charge is 2.22. The van der Waals surface area contributed by atoms with Crippen molar-refractivity contribution in [3.8, 4) is 11.3 Å². The highest BCUT2D eigenvalue weighted by atomic mass is 32.1. The molecule has 0 aliphatic carbocycles. The van der Waals surface area contributed by atoms with Crippen molar-refractivity contribution >= 4 is 17.2 Å². The topological polar surface area (TPSA) is 51.0 Å². The molecule has 0 fully saturated rings. The maximum atomic E-state index is 13.6. The minimum absolute atomic E-state index is 0.0872. The van der Waals surface area contributed by atoms with Crippen LogP contribution in [0.5, 0.6) is 0 Å². The molecule has 2 aromatic heterocycles. The zero-order valence-corrected chi connectivity index (χ0v) is 18.6. The second kappa shape index (κ2) is 8.68. The molecule has 0 spiro atoms. The lowest BCUT2D eigenvalue weighted by Crippen LogP contribution is -2.36. The first-order valence-electron chi connectivity index (χ1n) is 10.5. The third-order valence-corrected chi connectivity index (χ3v) is 6.65. The summed E-state index contributed by atoms with van der Waals surface area (Å²) in [4.78, 5) is 20.9. The molecule has 4 rings (SSSR count). The van der Waals surface area contributed by atoms with Crippen molar-refractivity contribution in [3.63, 3.8) is 0 Å². The number of aromatic nitrogens is 3. The Labute approximate surface area is 180 Å². The van der Waals surface area contributed by atoms with Crippen LogP contribution >= 0.6 is 11.3 Å². The van der Waals surface area contributed by atoms with Crippen molar-refractivity contribution in [3.05, 3.63) is 56.9 Å². The van der Waals surface area contributed by atoms with Crippen molar-refractivity contribution in [1.82, 2.24) is 19.7 Å². The second-order valence-corrected chi connectivity index (χ2v) is 9.16. The molecule has 5 nitrogen and oxygen atoms in total. The van der Waals surface area contributed by atoms with Crippen molar-refractivity contribution in [2.75, 3.05) is 13.1 Å². The van der Waals surface area contributed by atoms with Crippen LogP contribution in [0, 0.1) is 19.7 Å². The fourth-order valence-electron chi connectivity index (χ4n) is 3.96. The molecule has 0 radical (unpaired) electrons. The number of hydrogen-bond donors (Lipinski definition) is 0. The predicted molar refractivity (Wildman–Crippen MR) is 117 cm³/mol. The van der Waals surface area contributed by atoms with E-state index in [9.17, 15) is 9.18 Å². The van der Waals surface area contributed by atoms with Gasteiger partial charge in [-0.15, -0.1) is 11.3 Å². The van der Waals surface area contributed by atoms with Crippen LogP contribution in [0.25, 0.3) is 11.3 Å². The molecule has 158 valence electrons. The van der Waals surface area contributed by atoms with Gasteiger partial charge in [0.15, 0.2) is 0 Å². The van der Waals surface area contributed by atoms with Crippen LogP contribution in [-0.4, -0.2) is 38.7 Å². The predicted octanol–water partition coefficient (Wildman–Crippen LogP) is 4.34. The zero-order valence-electron chi connectivity index (χ0n) is 17.7. The van der Waals surface area contributed by atoms with E-state index in [2.05, 4.69) is 11.9 Å². The molecule has 1 aliphatic rings. The summed E-state index contributed by atoms with van der Waals surface area (Å²) in [6, 6.07) is 7.05. The Bertz CT molecular complexity index is 1050. The van der Waals surface area contributed by atoms with Gasteiger partial charge in [-0.25, -0.2) is 9.37 Å². The second-order valence-electron chi connectivity index (χ2n) is 7.88. The molecule has 30 heavy (non-hydrogen) atoms. The Kier molecular flexibility index (Phi) is 5.99. The summed E-state index contributed by atoms with van der Waals surface area (Å²) in [5, 5.41) is 5.81. The molecule has 0 bridgehead atoms. The van der Waals surface area contributed by atoms with Crippen LogP contribution in [-0.2, 0) is 30.6 Å². The standard InChI is InChI=1S/C23H27FN4OS/c1-4-5-18-13-21(17-6-7-19(24)15(2)12-17)26-28(18)14-23(29)27-10-8-20-22(9-11-27)30-16(3)25-20/h6-7,12-13H,4-5,8-11,14H2,1-3H3. The highest BCUT2D eigenvalue weighted by Crippen LogP contribution is 2.24. The Morgan fingerprint density at radius 2 is 2.00 bits per heavy atom. The largest absolute Gasteiger partial charge is 0.340 e. The summed E-state index contributed by atoms with van der Waals surface area (Å²) >= 11 is 1.74. The molecule has 0 saturated carbocycles. The fourth-order valence-corrected chi connectivity index (χ4v) is 4.94. The van der Waals surface area contributed by atoms with Crippen LogP contribution in [0.2, 0.25) is 0 Å². The molecular weight excluding hydrogens is 399 g/mol. The average molecular weight is 427 g/mol. The number of nitrogens with zero attached hydrogens (tertiary/aromatic N) is 4. The van der Waals surface area contributed by atoms with Gasteiger partial charge in [0.2, 0.25) is 5.91 Å². The lowest BCUT2D eigenvalue weighted by atomic mass is 10.1. The van der Waals surface area contributed by atoms with Crippen LogP contribution < -0.4 is 0 Å². The molecule has 0 atom stereocenters. The van der Waals surface area contributed by atoms with E-state index in [-0.39, 0.29) is 18.3 Å². The zero-order chi connectivity index (χ0) is 21.3. The number of rotatable bonds is 5. The number of carbonyl (C=O) groups excluding carboxylic acids is 1. The van der Waals surface area contributed by atoms with Gasteiger partial charge in [0.25, 0.3) is 0 Å². The third-order valence-electron chi connectivity index (χ3n) is 5.57. The lowest BCUT2D eigenvalue weighted by molar-refractivity contribution is -0.132. The van der Waals surface area contributed by atoms with E-state index < -0.39 is 0 Å². The van der Waals surface area contributed by atoms with Crippen molar-refractivity contribution in [1.29, 1.82) is 0 Å². The van der Waals surface area contributed by atoms with Crippen molar-refractivity contribution in [2.45, 2.75) is 53.0 Å². The molecule has 3 aromatic rings. The average Bonchev–Trinajstić information content (AvgIpc) is 3.21. The molecule has 3 heterocycles. The van der Waals surface area contributed by atoms with Gasteiger partial charge in [-0.05, 0) is 50.1 Å². The first-order valence-corrected chi connectivity index (χ1v) is 11.3. The summed E-state index contributed by atoms with van der Waals surface area (Å²) in [5.41, 5.74) is 4.43. The van der Waals surface area contributed by atoms with Gasteiger partial charge >= 0.3 is 0 Å². The molecule has 1 aliphatic heterocycles. The van der Waals surface area contributed by atoms with E-state index >= 15 is 0 Å². The van der Waals surface area contributed by atoms with E-state index in [1.54, 1.807) is 24.3 Å². The van der Waals surface area contributed by atoms with E-state index in [4.69, 9.17) is 5.10 Å². The van der Waals surface area contributed by atoms with Gasteiger partial charge in [-0.3, -0.25) is 9.48 Å². The normalized spacial score (nSPS) is 13.9. The fraction of sp³-hybridized carbons (Fsp3) is 0.435. The number of thiazole rings is 1. The van der Waals surface area contributed by atoms with Gasteiger partial charge in [-0.2, -0.15) is 5.10 Å². The quantitative estimate of drug-likeness (QED) is 0.610. The summed E-state index contributed by atoms with van der Waals surface area (Å²) in [5.74, 6) is -0.134. The monoisotopic (exact) mass is 426 g/mol. The maximum absolute atomic E-state index is 13.6. The minimum Gasteiger partial charge on any atom is -0.340 e. The van der Waals surface area contributed by atoms with Gasteiger partial charge in [-0.1, -0.05) is 13.3 Å². The summed E-state index contributed by atoms with van der Waals surface area (Å²) < 4.78 is 15.5. The van der Waals surface area contributed by atoms with Crippen molar-refractivity contribution in [2.24, 2.45) is 0 Å². The summed E-state index contributed by atoms with van der Waals surface area (Å²) in [6.45, 7) is 7.56. The van der Waals surface area contributed by atoms with Crippen molar-refractivity contribution < 1.29 is 9.18 Å². The Morgan fingerprint density at radius 1 is 1.20 bits per heavy atom. The molecular formula is C23H27FN4OS. The van der Waals surface area contributed by atoms with Gasteiger partial charge in [0.05, 0.1) is 16.4 Å². The van der Waals surface area contributed by atoms with Crippen LogP contribution in [0.15, 0.2) is 24.3 Å².